The van der Waals surface area contributed by atoms with E-state index in [0.717, 1.165) is 5.56 Å². The molecule has 0 aromatic heterocycles. The molecule has 0 amide bonds. The van der Waals surface area contributed by atoms with Crippen LogP contribution in [0.2, 0.25) is 0 Å². The fraction of sp³-hybridized carbons (Fsp3) is 0. The molecule has 0 atom stereocenters. The van der Waals surface area contributed by atoms with Crippen LogP contribution >= 0.6 is 0 Å². The number of rotatable bonds is 2. The van der Waals surface area contributed by atoms with E-state index in [2.05, 4.69) is 13.2 Å². The van der Waals surface area contributed by atoms with Crippen LogP contribution in [-0.2, 0) is 0 Å². The summed E-state index contributed by atoms with van der Waals surface area (Å²) in [6.45, 7) is 7.21. The van der Waals surface area contributed by atoms with E-state index in [4.69, 9.17) is 5.11 Å². The summed E-state index contributed by atoms with van der Waals surface area (Å²) >= 11 is 0. The van der Waals surface area contributed by atoms with Crippen molar-refractivity contribution in [2.75, 3.05) is 0 Å². The van der Waals surface area contributed by atoms with E-state index in [9.17, 15) is 0 Å². The van der Waals surface area contributed by atoms with Crippen LogP contribution in [0.4, 0.5) is 0 Å². The summed E-state index contributed by atoms with van der Waals surface area (Å²) in [5, 5.41) is 8.82. The molecule has 0 aliphatic carbocycles. The number of hydrogen-bond donors (Lipinski definition) is 1. The highest BCUT2D eigenvalue weighted by Gasteiger charge is 1.84. The molecule has 2 rings (SSSR count). The molecule has 17 heavy (non-hydrogen) atoms. The lowest BCUT2D eigenvalue weighted by molar-refractivity contribution is 0.475. The second-order valence-electron chi connectivity index (χ2n) is 3.41. The van der Waals surface area contributed by atoms with Gasteiger partial charge in [0.1, 0.15) is 5.75 Å². The fourth-order valence-electron chi connectivity index (χ4n) is 1.20. The lowest BCUT2D eigenvalue weighted by Crippen LogP contribution is -1.67. The Labute approximate surface area is 102 Å². The molecule has 0 fully saturated rings. The first-order valence-electron chi connectivity index (χ1n) is 5.35. The normalized spacial score (nSPS) is 8.71. The van der Waals surface area contributed by atoms with E-state index in [1.54, 1.807) is 18.2 Å². The van der Waals surface area contributed by atoms with Gasteiger partial charge >= 0.3 is 0 Å². The maximum absolute atomic E-state index is 8.82. The van der Waals surface area contributed by atoms with E-state index in [0.29, 0.717) is 5.75 Å². The summed E-state index contributed by atoms with van der Waals surface area (Å²) in [4.78, 5) is 0. The van der Waals surface area contributed by atoms with Crippen LogP contribution in [0.1, 0.15) is 11.1 Å². The molecule has 86 valence electrons. The minimum Gasteiger partial charge on any atom is -0.508 e. The van der Waals surface area contributed by atoms with E-state index in [1.807, 2.05) is 48.5 Å². The third kappa shape index (κ3) is 4.85. The Morgan fingerprint density at radius 1 is 0.706 bits per heavy atom. The minimum absolute atomic E-state index is 0.292. The Morgan fingerprint density at radius 2 is 1.18 bits per heavy atom. The highest BCUT2D eigenvalue weighted by molar-refractivity contribution is 5.48. The van der Waals surface area contributed by atoms with E-state index in [1.165, 1.54) is 5.56 Å². The zero-order chi connectivity index (χ0) is 12.5. The van der Waals surface area contributed by atoms with Crippen molar-refractivity contribution < 1.29 is 5.11 Å². The minimum atomic E-state index is 0.292. The monoisotopic (exact) mass is 224 g/mol. The molecule has 0 saturated heterocycles. The average molecular weight is 224 g/mol. The van der Waals surface area contributed by atoms with Gasteiger partial charge in [0.05, 0.1) is 0 Å². The maximum atomic E-state index is 8.82. The molecule has 1 N–H and O–H groups in total. The smallest absolute Gasteiger partial charge is 0.115 e. The van der Waals surface area contributed by atoms with Crippen LogP contribution in [-0.4, -0.2) is 5.11 Å². The van der Waals surface area contributed by atoms with Crippen molar-refractivity contribution in [2.45, 2.75) is 0 Å². The van der Waals surface area contributed by atoms with Crippen molar-refractivity contribution >= 4 is 12.2 Å². The van der Waals surface area contributed by atoms with Gasteiger partial charge in [-0.3, -0.25) is 0 Å². The standard InChI is InChI=1S/C8H8O.C8H8/c1-2-7-3-5-8(9)6-4-7;1-2-8-6-4-3-5-7-8/h2-6,9H,1H2;2-7H,1H2. The van der Waals surface area contributed by atoms with Gasteiger partial charge in [0, 0.05) is 0 Å². The number of benzene rings is 2. The summed E-state index contributed by atoms with van der Waals surface area (Å²) in [5.41, 5.74) is 2.19. The second-order valence-corrected chi connectivity index (χ2v) is 3.41. The van der Waals surface area contributed by atoms with Crippen molar-refractivity contribution in [3.63, 3.8) is 0 Å². The summed E-state index contributed by atoms with van der Waals surface area (Å²) in [6, 6.07) is 16.9. The second kappa shape index (κ2) is 7.07. The number of aromatic hydroxyl groups is 1. The van der Waals surface area contributed by atoms with Gasteiger partial charge in [0.2, 0.25) is 0 Å². The van der Waals surface area contributed by atoms with Crippen molar-refractivity contribution in [1.29, 1.82) is 0 Å². The largest absolute Gasteiger partial charge is 0.508 e. The molecule has 0 aliphatic rings. The maximum Gasteiger partial charge on any atom is 0.115 e. The molecular formula is C16H16O. The van der Waals surface area contributed by atoms with Crippen LogP contribution in [0.5, 0.6) is 5.75 Å². The van der Waals surface area contributed by atoms with Crippen LogP contribution < -0.4 is 0 Å². The lowest BCUT2D eigenvalue weighted by Gasteiger charge is -1.90. The Bertz CT molecular complexity index is 455. The molecule has 0 aliphatic heterocycles. The number of hydrogen-bond acceptors (Lipinski definition) is 1. The molecule has 0 heterocycles. The van der Waals surface area contributed by atoms with E-state index < -0.39 is 0 Å². The summed E-state index contributed by atoms with van der Waals surface area (Å²) in [5.74, 6) is 0.292. The third-order valence-corrected chi connectivity index (χ3v) is 2.16. The Morgan fingerprint density at radius 3 is 1.59 bits per heavy atom. The SMILES string of the molecule is C=Cc1ccc(O)cc1.C=Cc1ccccc1. The van der Waals surface area contributed by atoms with Gasteiger partial charge in [-0.1, -0.05) is 67.8 Å². The van der Waals surface area contributed by atoms with E-state index in [-0.39, 0.29) is 0 Å². The predicted octanol–water partition coefficient (Wildman–Crippen LogP) is 4.36. The molecule has 0 spiro atoms. The average Bonchev–Trinajstić information content (AvgIpc) is 2.41. The van der Waals surface area contributed by atoms with Crippen molar-refractivity contribution in [1.82, 2.24) is 0 Å². The van der Waals surface area contributed by atoms with Crippen LogP contribution in [0.15, 0.2) is 67.8 Å². The molecule has 0 unspecified atom stereocenters. The molecular weight excluding hydrogens is 208 g/mol. The quantitative estimate of drug-likeness (QED) is 0.803. The van der Waals surface area contributed by atoms with Gasteiger partial charge in [-0.2, -0.15) is 0 Å². The Hall–Kier alpha value is -2.28. The highest BCUT2D eigenvalue weighted by Crippen LogP contribution is 2.09. The molecule has 2 aromatic rings. The summed E-state index contributed by atoms with van der Waals surface area (Å²) < 4.78 is 0. The lowest BCUT2D eigenvalue weighted by atomic mass is 10.2. The topological polar surface area (TPSA) is 20.2 Å². The van der Waals surface area contributed by atoms with Crippen LogP contribution in [0.3, 0.4) is 0 Å². The fourth-order valence-corrected chi connectivity index (χ4v) is 1.20. The molecule has 1 heteroatoms. The van der Waals surface area contributed by atoms with Gasteiger partial charge in [-0.05, 0) is 23.3 Å². The van der Waals surface area contributed by atoms with E-state index >= 15 is 0 Å². The molecule has 0 saturated carbocycles. The molecule has 0 bridgehead atoms. The summed E-state index contributed by atoms with van der Waals surface area (Å²) in [7, 11) is 0. The van der Waals surface area contributed by atoms with Gasteiger partial charge in [-0.25, -0.2) is 0 Å². The van der Waals surface area contributed by atoms with Crippen LogP contribution in [0.25, 0.3) is 12.2 Å². The first-order valence-corrected chi connectivity index (χ1v) is 5.35. The zero-order valence-electron chi connectivity index (χ0n) is 9.71. The van der Waals surface area contributed by atoms with Gasteiger partial charge < -0.3 is 5.11 Å². The van der Waals surface area contributed by atoms with Gasteiger partial charge in [-0.15, -0.1) is 0 Å². The van der Waals surface area contributed by atoms with Crippen molar-refractivity contribution in [2.24, 2.45) is 0 Å². The van der Waals surface area contributed by atoms with Crippen molar-refractivity contribution in [3.05, 3.63) is 78.9 Å². The van der Waals surface area contributed by atoms with Crippen LogP contribution in [0, 0.1) is 0 Å². The Balaban J connectivity index is 0.000000171. The Kier molecular flexibility index (Phi) is 5.32. The predicted molar refractivity (Wildman–Crippen MR) is 74.7 cm³/mol. The molecule has 0 radical (unpaired) electrons. The van der Waals surface area contributed by atoms with Gasteiger partial charge in [0.15, 0.2) is 0 Å². The molecule has 2 aromatic carbocycles. The third-order valence-electron chi connectivity index (χ3n) is 2.16. The molecule has 1 nitrogen and oxygen atoms in total. The first kappa shape index (κ1) is 12.8. The van der Waals surface area contributed by atoms with Gasteiger partial charge in [0.25, 0.3) is 0 Å². The highest BCUT2D eigenvalue weighted by atomic mass is 16.3. The van der Waals surface area contributed by atoms with Crippen molar-refractivity contribution in [3.8, 4) is 5.75 Å². The number of phenolic OH excluding ortho intramolecular Hbond substituents is 1. The number of phenols is 1. The summed E-state index contributed by atoms with van der Waals surface area (Å²) in [6.07, 6.45) is 3.57. The zero-order valence-corrected chi connectivity index (χ0v) is 9.71. The first-order chi connectivity index (χ1) is 8.26.